The van der Waals surface area contributed by atoms with Crippen molar-refractivity contribution >= 4 is 46.5 Å². The summed E-state index contributed by atoms with van der Waals surface area (Å²) in [7, 11) is 0. The lowest BCUT2D eigenvalue weighted by atomic mass is 9.98. The number of halogens is 4. The van der Waals surface area contributed by atoms with Gasteiger partial charge in [0.2, 0.25) is 5.95 Å². The molecule has 3 heterocycles. The summed E-state index contributed by atoms with van der Waals surface area (Å²) >= 11 is 6.76. The summed E-state index contributed by atoms with van der Waals surface area (Å²) in [4.78, 5) is 21.6. The van der Waals surface area contributed by atoms with E-state index in [2.05, 4.69) is 36.3 Å². The number of piperidine rings is 1. The van der Waals surface area contributed by atoms with Crippen molar-refractivity contribution in [2.75, 3.05) is 41.7 Å². The highest BCUT2D eigenvalue weighted by molar-refractivity contribution is 6.36. The molecule has 1 fully saturated rings. The van der Waals surface area contributed by atoms with Crippen molar-refractivity contribution in [2.45, 2.75) is 37.7 Å². The molecule has 6 N–H and O–H groups in total. The van der Waals surface area contributed by atoms with E-state index in [1.807, 2.05) is 19.1 Å². The van der Waals surface area contributed by atoms with Crippen LogP contribution in [0.3, 0.4) is 0 Å². The number of aliphatic hydroxyl groups excluding tert-OH is 1. The van der Waals surface area contributed by atoms with E-state index in [0.717, 1.165) is 0 Å². The number of carboxylic acid groups (broad SMARTS) is 1. The van der Waals surface area contributed by atoms with Crippen LogP contribution in [0.4, 0.5) is 41.1 Å². The number of rotatable bonds is 9. The zero-order chi connectivity index (χ0) is 30.6. The molecule has 1 amide bonds. The van der Waals surface area contributed by atoms with Gasteiger partial charge in [-0.3, -0.25) is 0 Å². The molecule has 0 radical (unpaired) electrons. The fourth-order valence-corrected chi connectivity index (χ4v) is 4.78. The van der Waals surface area contributed by atoms with E-state index in [1.54, 1.807) is 4.90 Å². The first-order chi connectivity index (χ1) is 19.9. The molecule has 0 bridgehead atoms. The van der Waals surface area contributed by atoms with E-state index in [9.17, 15) is 38.7 Å². The number of carbonyl (C=O) groups is 1. The van der Waals surface area contributed by atoms with Gasteiger partial charge < -0.3 is 36.4 Å². The van der Waals surface area contributed by atoms with Gasteiger partial charge in [0.25, 0.3) is 0 Å². The van der Waals surface area contributed by atoms with Gasteiger partial charge >= 0.3 is 12.3 Å². The number of fused-ring (bicyclic) bond motifs is 1. The summed E-state index contributed by atoms with van der Waals surface area (Å²) in [6, 6.07) is 5.38. The van der Waals surface area contributed by atoms with Gasteiger partial charge in [-0.25, -0.2) is 9.78 Å². The average molecular weight is 608 g/mol. The van der Waals surface area contributed by atoms with E-state index in [4.69, 9.17) is 11.6 Å². The quantitative estimate of drug-likeness (QED) is 0.208. The third kappa shape index (κ3) is 6.65. The summed E-state index contributed by atoms with van der Waals surface area (Å²) < 4.78 is 40.0. The Morgan fingerprint density at radius 3 is 2.69 bits per heavy atom. The number of imidazole rings is 1. The van der Waals surface area contributed by atoms with E-state index >= 15 is 0 Å². The fourth-order valence-electron chi connectivity index (χ4n) is 4.50. The van der Waals surface area contributed by atoms with Gasteiger partial charge in [-0.1, -0.05) is 11.6 Å². The summed E-state index contributed by atoms with van der Waals surface area (Å²) in [5, 5.41) is 53.2. The molecule has 222 valence electrons. The largest absolute Gasteiger partial charge is 0.465 e. The number of hydrogen-bond donors (Lipinski definition) is 6. The van der Waals surface area contributed by atoms with E-state index in [-0.39, 0.29) is 47.4 Å². The lowest BCUT2D eigenvalue weighted by molar-refractivity contribution is -0.202. The minimum Gasteiger partial charge on any atom is -0.465 e. The second-order valence-corrected chi connectivity index (χ2v) is 9.64. The Balaban J connectivity index is 1.66. The minimum absolute atomic E-state index is 0.00282. The second kappa shape index (κ2) is 12.5. The van der Waals surface area contributed by atoms with Gasteiger partial charge in [0.05, 0.1) is 40.3 Å². The van der Waals surface area contributed by atoms with Crippen molar-refractivity contribution in [3.8, 4) is 12.1 Å². The van der Waals surface area contributed by atoms with Crippen LogP contribution in [0.2, 0.25) is 5.02 Å². The highest BCUT2D eigenvalue weighted by atomic mass is 35.5. The van der Waals surface area contributed by atoms with Crippen LogP contribution in [0.15, 0.2) is 18.3 Å². The normalized spacial score (nSPS) is 17.8. The summed E-state index contributed by atoms with van der Waals surface area (Å²) in [5.41, 5.74) is 1.24. The first-order valence-corrected chi connectivity index (χ1v) is 13.0. The highest BCUT2D eigenvalue weighted by Crippen LogP contribution is 2.37. The van der Waals surface area contributed by atoms with Crippen molar-refractivity contribution < 1.29 is 28.2 Å². The number of aliphatic hydroxyl groups is 1. The number of nitrogens with one attached hydrogen (secondary N) is 4. The number of hydrogen-bond acceptors (Lipinski definition) is 11. The molecule has 1 saturated heterocycles. The van der Waals surface area contributed by atoms with Crippen LogP contribution in [0.5, 0.6) is 0 Å². The third-order valence-electron chi connectivity index (χ3n) is 6.46. The number of amides is 1. The molecule has 42 heavy (non-hydrogen) atoms. The summed E-state index contributed by atoms with van der Waals surface area (Å²) in [6.07, 6.45) is -7.33. The second-order valence-electron chi connectivity index (χ2n) is 9.26. The summed E-state index contributed by atoms with van der Waals surface area (Å²) in [5.74, 6) is 0.369. The molecular formula is C24H25ClF3N11O3. The molecule has 0 spiro atoms. The van der Waals surface area contributed by atoms with E-state index in [1.165, 1.54) is 22.8 Å². The molecule has 14 nitrogen and oxygen atoms in total. The molecule has 3 atom stereocenters. The predicted octanol–water partition coefficient (Wildman–Crippen LogP) is 2.42. The van der Waals surface area contributed by atoms with Crippen molar-refractivity contribution in [1.29, 1.82) is 10.5 Å². The first kappa shape index (κ1) is 30.4. The molecule has 1 aromatic carbocycles. The highest BCUT2D eigenvalue weighted by Gasteiger charge is 2.39. The Hall–Kier alpha value is -4.58. The molecular weight excluding hydrogens is 583 g/mol. The summed E-state index contributed by atoms with van der Waals surface area (Å²) in [6.45, 7) is 1.73. The smallest absolute Gasteiger partial charge is 0.415 e. The molecule has 2 aromatic heterocycles. The van der Waals surface area contributed by atoms with Crippen LogP contribution < -0.4 is 26.2 Å². The van der Waals surface area contributed by atoms with Crippen LogP contribution in [0, 0.1) is 22.7 Å². The van der Waals surface area contributed by atoms with Gasteiger partial charge in [-0.15, -0.1) is 5.10 Å². The topological polar surface area (TPSA) is 200 Å². The Morgan fingerprint density at radius 2 is 2.05 bits per heavy atom. The van der Waals surface area contributed by atoms with Crippen LogP contribution >= 0.6 is 11.6 Å². The molecule has 1 aliphatic heterocycles. The SMILES string of the molecule is CCNc1nc(Nc2cc(C#N)cc(N3CC[C@H](NC(=O)O)[C@@H](NCC(O)C(F)(F)F)C3)c2Cl)nn2c(C#N)cnc12. The number of nitriles is 2. The standard InChI is InChI=1S/C24H25ClF3N11O3/c1-2-31-20-21-33-9-13(8-30)39(21)37-22(36-20)34-15-5-12(7-29)6-17(19(15)25)38-4-3-14(35-23(41)42)16(11-38)32-10-18(40)24(26,27)28/h5-6,9,14,16,18,32,35,40H,2-4,10-11H2,1H3,(H,41,42)(H2,31,34,36,37)/t14-,16-,18?/m0/s1. The van der Waals surface area contributed by atoms with E-state index < -0.39 is 37.0 Å². The van der Waals surface area contributed by atoms with Gasteiger partial charge in [0.1, 0.15) is 6.07 Å². The number of nitrogens with zero attached hydrogens (tertiary/aromatic N) is 7. The predicted molar refractivity (Wildman–Crippen MR) is 145 cm³/mol. The molecule has 0 aliphatic carbocycles. The molecule has 1 unspecified atom stereocenters. The van der Waals surface area contributed by atoms with Crippen molar-refractivity contribution in [3.63, 3.8) is 0 Å². The Labute approximate surface area is 241 Å². The van der Waals surface area contributed by atoms with Gasteiger partial charge in [-0.2, -0.15) is 33.2 Å². The molecule has 1 aliphatic rings. The maximum absolute atomic E-state index is 12.9. The van der Waals surface area contributed by atoms with Crippen LogP contribution in [-0.4, -0.2) is 86.4 Å². The monoisotopic (exact) mass is 607 g/mol. The molecule has 18 heteroatoms. The van der Waals surface area contributed by atoms with Gasteiger partial charge in [0.15, 0.2) is 23.3 Å². The van der Waals surface area contributed by atoms with Crippen molar-refractivity contribution in [2.24, 2.45) is 0 Å². The van der Waals surface area contributed by atoms with E-state index in [0.29, 0.717) is 23.7 Å². The molecule has 0 saturated carbocycles. The molecule has 3 aromatic rings. The number of benzene rings is 1. The van der Waals surface area contributed by atoms with Crippen molar-refractivity contribution in [3.05, 3.63) is 34.6 Å². The maximum atomic E-state index is 12.9. The number of anilines is 4. The fraction of sp³-hybridized carbons (Fsp3) is 0.417. The minimum atomic E-state index is -4.86. The Kier molecular flexibility index (Phi) is 9.05. The lowest BCUT2D eigenvalue weighted by Gasteiger charge is -2.41. The first-order valence-electron chi connectivity index (χ1n) is 12.6. The van der Waals surface area contributed by atoms with Crippen LogP contribution in [0.25, 0.3) is 5.65 Å². The van der Waals surface area contributed by atoms with Gasteiger partial charge in [-0.05, 0) is 25.5 Å². The van der Waals surface area contributed by atoms with Crippen LogP contribution in [-0.2, 0) is 0 Å². The zero-order valence-corrected chi connectivity index (χ0v) is 22.7. The number of aromatic nitrogens is 4. The van der Waals surface area contributed by atoms with Crippen molar-refractivity contribution in [1.82, 2.24) is 30.2 Å². The van der Waals surface area contributed by atoms with Crippen LogP contribution in [0.1, 0.15) is 24.6 Å². The Morgan fingerprint density at radius 1 is 1.29 bits per heavy atom. The molecule has 4 rings (SSSR count). The number of alkyl halides is 3. The Bertz CT molecular complexity index is 1550. The average Bonchev–Trinajstić information content (AvgIpc) is 3.36. The lowest BCUT2D eigenvalue weighted by Crippen LogP contribution is -2.61. The zero-order valence-electron chi connectivity index (χ0n) is 21.9. The maximum Gasteiger partial charge on any atom is 0.415 e. The van der Waals surface area contributed by atoms with Gasteiger partial charge in [0, 0.05) is 32.2 Å². The third-order valence-corrected chi connectivity index (χ3v) is 6.86.